The van der Waals surface area contributed by atoms with Gasteiger partial charge in [-0.05, 0) is 30.2 Å². The smallest absolute Gasteiger partial charge is 0.303 e. The minimum absolute atomic E-state index is 0.281. The topological polar surface area (TPSA) is 49.4 Å². The Hall–Kier alpha value is -1.81. The summed E-state index contributed by atoms with van der Waals surface area (Å²) in [7, 11) is 0. The van der Waals surface area contributed by atoms with E-state index < -0.39 is 0 Å². The van der Waals surface area contributed by atoms with Crippen molar-refractivity contribution in [3.63, 3.8) is 0 Å². The molecule has 0 bridgehead atoms. The molecule has 1 N–H and O–H groups in total. The molecule has 5 heteroatoms. The molecular weight excluding hydrogens is 252 g/mol. The normalized spacial score (nSPS) is 17.4. The zero-order valence-corrected chi connectivity index (χ0v) is 10.7. The fourth-order valence-electron chi connectivity index (χ4n) is 1.72. The first kappa shape index (κ1) is 12.6. The standard InChI is InChI=1S/C13H13ClN2O2/c1-2-7-16-12(17)11(15-13(16)18)8-9-3-5-10(14)6-4-9/h3-6,8H,2,7H2,1H3,(H,15,18)/b11-8+. The van der Waals surface area contributed by atoms with Crippen LogP contribution < -0.4 is 5.32 Å². The minimum Gasteiger partial charge on any atom is -0.303 e. The number of nitrogens with zero attached hydrogens (tertiary/aromatic N) is 1. The monoisotopic (exact) mass is 264 g/mol. The van der Waals surface area contributed by atoms with Crippen molar-refractivity contribution in [1.29, 1.82) is 0 Å². The molecule has 1 aliphatic heterocycles. The van der Waals surface area contributed by atoms with Crippen molar-refractivity contribution in [2.75, 3.05) is 6.54 Å². The zero-order valence-electron chi connectivity index (χ0n) is 9.94. The Balaban J connectivity index is 2.22. The van der Waals surface area contributed by atoms with Gasteiger partial charge >= 0.3 is 6.03 Å². The summed E-state index contributed by atoms with van der Waals surface area (Å²) in [6, 6.07) is 6.69. The molecule has 1 aromatic carbocycles. The molecular formula is C13H13ClN2O2. The Bertz CT molecular complexity index is 508. The third-order valence-electron chi connectivity index (χ3n) is 2.59. The van der Waals surface area contributed by atoms with Gasteiger partial charge in [0, 0.05) is 11.6 Å². The van der Waals surface area contributed by atoms with Crippen LogP contribution in [0.25, 0.3) is 6.08 Å². The zero-order chi connectivity index (χ0) is 13.1. The number of amides is 3. The van der Waals surface area contributed by atoms with Gasteiger partial charge < -0.3 is 5.32 Å². The molecule has 0 unspecified atom stereocenters. The molecule has 0 aromatic heterocycles. The summed E-state index contributed by atoms with van der Waals surface area (Å²) >= 11 is 5.78. The maximum absolute atomic E-state index is 11.9. The number of carbonyl (C=O) groups excluding carboxylic acids is 2. The molecule has 4 nitrogen and oxygen atoms in total. The van der Waals surface area contributed by atoms with E-state index in [-0.39, 0.29) is 11.9 Å². The van der Waals surface area contributed by atoms with Gasteiger partial charge in [0.25, 0.3) is 5.91 Å². The van der Waals surface area contributed by atoms with Crippen molar-refractivity contribution in [3.8, 4) is 0 Å². The third kappa shape index (κ3) is 2.54. The van der Waals surface area contributed by atoms with Gasteiger partial charge in [0.1, 0.15) is 5.70 Å². The SMILES string of the molecule is CCCN1C(=O)N/C(=C/c2ccc(Cl)cc2)C1=O. The summed E-state index contributed by atoms with van der Waals surface area (Å²) in [5, 5.41) is 3.20. The van der Waals surface area contributed by atoms with E-state index in [0.29, 0.717) is 17.3 Å². The second-order valence-electron chi connectivity index (χ2n) is 4.00. The lowest BCUT2D eigenvalue weighted by Crippen LogP contribution is -2.31. The van der Waals surface area contributed by atoms with E-state index in [9.17, 15) is 9.59 Å². The van der Waals surface area contributed by atoms with Crippen LogP contribution >= 0.6 is 11.6 Å². The molecule has 94 valence electrons. The lowest BCUT2D eigenvalue weighted by Gasteiger charge is -2.08. The van der Waals surface area contributed by atoms with Crippen LogP contribution in [0.2, 0.25) is 5.02 Å². The fourth-order valence-corrected chi connectivity index (χ4v) is 1.85. The van der Waals surface area contributed by atoms with Crippen LogP contribution in [0.3, 0.4) is 0 Å². The van der Waals surface area contributed by atoms with Crippen LogP contribution in [0.15, 0.2) is 30.0 Å². The van der Waals surface area contributed by atoms with Crippen LogP contribution in [0.4, 0.5) is 4.79 Å². The highest BCUT2D eigenvalue weighted by Crippen LogP contribution is 2.16. The quantitative estimate of drug-likeness (QED) is 0.674. The Morgan fingerprint density at radius 1 is 1.28 bits per heavy atom. The Kier molecular flexibility index (Phi) is 3.67. The predicted octanol–water partition coefficient (Wildman–Crippen LogP) is 2.64. The molecule has 0 saturated carbocycles. The molecule has 0 spiro atoms. The summed E-state index contributed by atoms with van der Waals surface area (Å²) in [6.45, 7) is 2.35. The van der Waals surface area contributed by atoms with Crippen molar-refractivity contribution in [2.24, 2.45) is 0 Å². The average molecular weight is 265 g/mol. The lowest BCUT2D eigenvalue weighted by atomic mass is 10.2. The van der Waals surface area contributed by atoms with E-state index in [0.717, 1.165) is 12.0 Å². The molecule has 1 aliphatic rings. The Labute approximate surface area is 110 Å². The number of hydrogen-bond acceptors (Lipinski definition) is 2. The molecule has 3 amide bonds. The highest BCUT2D eigenvalue weighted by atomic mass is 35.5. The second kappa shape index (κ2) is 5.23. The first-order valence-electron chi connectivity index (χ1n) is 5.72. The van der Waals surface area contributed by atoms with Crippen molar-refractivity contribution < 1.29 is 9.59 Å². The van der Waals surface area contributed by atoms with Gasteiger partial charge in [0.05, 0.1) is 0 Å². The summed E-state index contributed by atoms with van der Waals surface area (Å²) < 4.78 is 0. The molecule has 1 heterocycles. The van der Waals surface area contributed by atoms with Crippen molar-refractivity contribution in [1.82, 2.24) is 10.2 Å². The molecule has 1 aromatic rings. The summed E-state index contributed by atoms with van der Waals surface area (Å²) in [5.74, 6) is -0.281. The number of carbonyl (C=O) groups is 2. The number of halogens is 1. The summed E-state index contributed by atoms with van der Waals surface area (Å²) in [4.78, 5) is 24.7. The molecule has 0 radical (unpaired) electrons. The first-order chi connectivity index (χ1) is 8.61. The molecule has 0 atom stereocenters. The lowest BCUT2D eigenvalue weighted by molar-refractivity contribution is -0.122. The predicted molar refractivity (Wildman–Crippen MR) is 70.0 cm³/mol. The molecule has 2 rings (SSSR count). The number of rotatable bonds is 3. The number of nitrogens with one attached hydrogen (secondary N) is 1. The van der Waals surface area contributed by atoms with Crippen LogP contribution in [-0.2, 0) is 4.79 Å². The van der Waals surface area contributed by atoms with E-state index in [2.05, 4.69) is 5.32 Å². The third-order valence-corrected chi connectivity index (χ3v) is 2.84. The van der Waals surface area contributed by atoms with E-state index in [1.54, 1.807) is 30.3 Å². The van der Waals surface area contributed by atoms with Crippen LogP contribution in [-0.4, -0.2) is 23.4 Å². The minimum atomic E-state index is -0.359. The molecule has 18 heavy (non-hydrogen) atoms. The Morgan fingerprint density at radius 3 is 2.56 bits per heavy atom. The summed E-state index contributed by atoms with van der Waals surface area (Å²) in [5.41, 5.74) is 1.12. The van der Waals surface area contributed by atoms with Crippen LogP contribution in [0.5, 0.6) is 0 Å². The number of imide groups is 1. The van der Waals surface area contributed by atoms with E-state index in [1.807, 2.05) is 6.92 Å². The number of urea groups is 1. The summed E-state index contributed by atoms with van der Waals surface area (Å²) in [6.07, 6.45) is 2.39. The second-order valence-corrected chi connectivity index (χ2v) is 4.43. The van der Waals surface area contributed by atoms with Crippen LogP contribution in [0.1, 0.15) is 18.9 Å². The fraction of sp³-hybridized carbons (Fsp3) is 0.231. The van der Waals surface area contributed by atoms with Gasteiger partial charge in [0.15, 0.2) is 0 Å². The average Bonchev–Trinajstić information content (AvgIpc) is 2.60. The maximum Gasteiger partial charge on any atom is 0.329 e. The van der Waals surface area contributed by atoms with Crippen LogP contribution in [0, 0.1) is 0 Å². The van der Waals surface area contributed by atoms with Crippen molar-refractivity contribution in [2.45, 2.75) is 13.3 Å². The van der Waals surface area contributed by atoms with Crippen molar-refractivity contribution >= 4 is 29.6 Å². The number of hydrogen-bond donors (Lipinski definition) is 1. The van der Waals surface area contributed by atoms with Crippen molar-refractivity contribution in [3.05, 3.63) is 40.5 Å². The van der Waals surface area contributed by atoms with Gasteiger partial charge in [0.2, 0.25) is 0 Å². The first-order valence-corrected chi connectivity index (χ1v) is 6.09. The maximum atomic E-state index is 11.9. The number of benzene rings is 1. The van der Waals surface area contributed by atoms with Gasteiger partial charge in [-0.1, -0.05) is 30.7 Å². The highest BCUT2D eigenvalue weighted by Gasteiger charge is 2.32. The molecule has 1 saturated heterocycles. The molecule has 0 aliphatic carbocycles. The van der Waals surface area contributed by atoms with Gasteiger partial charge in [-0.3, -0.25) is 9.69 Å². The van der Waals surface area contributed by atoms with E-state index in [4.69, 9.17) is 11.6 Å². The van der Waals surface area contributed by atoms with E-state index >= 15 is 0 Å². The van der Waals surface area contributed by atoms with E-state index in [1.165, 1.54) is 4.90 Å². The van der Waals surface area contributed by atoms with Gasteiger partial charge in [-0.25, -0.2) is 4.79 Å². The molecule has 1 fully saturated rings. The largest absolute Gasteiger partial charge is 0.329 e. The van der Waals surface area contributed by atoms with Gasteiger partial charge in [-0.15, -0.1) is 0 Å². The highest BCUT2D eigenvalue weighted by molar-refractivity contribution is 6.30. The Morgan fingerprint density at radius 2 is 1.94 bits per heavy atom. The van der Waals surface area contributed by atoms with Gasteiger partial charge in [-0.2, -0.15) is 0 Å².